The molecule has 5 nitrogen and oxygen atoms in total. The maximum Gasteiger partial charge on any atom is 0.280 e. The molecule has 0 saturated carbocycles. The number of aryl methyl sites for hydroxylation is 2. The van der Waals surface area contributed by atoms with Crippen LogP contribution in [0.5, 0.6) is 0 Å². The molecule has 5 heteroatoms. The largest absolute Gasteiger partial charge is 0.333 e. The molecule has 3 N–H and O–H groups in total. The molecule has 0 aliphatic rings. The minimum absolute atomic E-state index is 0.0407. The lowest BCUT2D eigenvalue weighted by Crippen LogP contribution is -2.86. The molecule has 26 heavy (non-hydrogen) atoms. The van der Waals surface area contributed by atoms with Gasteiger partial charge in [-0.15, -0.1) is 0 Å². The number of hydrogen-bond donors (Lipinski definition) is 2. The third kappa shape index (κ3) is 4.37. The molecule has 1 amide bonds. The third-order valence-corrected chi connectivity index (χ3v) is 4.36. The molecule has 0 saturated heterocycles. The number of aromatic nitrogens is 2. The highest BCUT2D eigenvalue weighted by Crippen LogP contribution is 2.17. The summed E-state index contributed by atoms with van der Waals surface area (Å²) in [5.74, 6) is 0.651. The number of hydrogen-bond acceptors (Lipinski definition) is 2. The van der Waals surface area contributed by atoms with Crippen molar-refractivity contribution in [2.75, 3.05) is 11.9 Å². The third-order valence-electron chi connectivity index (χ3n) is 4.36. The van der Waals surface area contributed by atoms with Crippen LogP contribution in [0.15, 0.2) is 60.7 Å². The quantitative estimate of drug-likeness (QED) is 0.719. The lowest BCUT2D eigenvalue weighted by molar-refractivity contribution is -0.682. The Kier molecular flexibility index (Phi) is 5.49. The molecule has 1 aromatic heterocycles. The minimum atomic E-state index is -0.0407. The van der Waals surface area contributed by atoms with Crippen LogP contribution in [0.3, 0.4) is 0 Å². The molecule has 2 aromatic carbocycles. The van der Waals surface area contributed by atoms with Gasteiger partial charge in [0.25, 0.3) is 5.91 Å². The number of quaternary nitrogens is 1. The van der Waals surface area contributed by atoms with Crippen molar-refractivity contribution in [3.63, 3.8) is 0 Å². The number of nitrogens with two attached hydrogens (primary N) is 1. The van der Waals surface area contributed by atoms with Crippen LogP contribution >= 0.6 is 0 Å². The molecular formula is C21H25N4O+. The highest BCUT2D eigenvalue weighted by atomic mass is 16.2. The van der Waals surface area contributed by atoms with Crippen LogP contribution in [-0.4, -0.2) is 22.2 Å². The van der Waals surface area contributed by atoms with Crippen LogP contribution in [0.4, 0.5) is 5.82 Å². The van der Waals surface area contributed by atoms with E-state index >= 15 is 0 Å². The maximum atomic E-state index is 12.4. The maximum absolute atomic E-state index is 12.4. The standard InChI is InChI=1S/C21H24N4O/c1-15-9-11-19(12-10-15)25-20(13-16(2)24-25)23-21(26)14-22-17(3)18-7-5-4-6-8-18/h4-13,17,22H,14H2,1-3H3,(H,23,26)/p+1/t17-/m1/s1. The van der Waals surface area contributed by atoms with Crippen LogP contribution < -0.4 is 10.6 Å². The predicted octanol–water partition coefficient (Wildman–Crippen LogP) is 2.75. The summed E-state index contributed by atoms with van der Waals surface area (Å²) in [5.41, 5.74) is 4.19. The van der Waals surface area contributed by atoms with Crippen LogP contribution in [0.1, 0.15) is 29.8 Å². The van der Waals surface area contributed by atoms with Crippen LogP contribution in [-0.2, 0) is 4.79 Å². The van der Waals surface area contributed by atoms with Crippen molar-refractivity contribution in [3.8, 4) is 5.69 Å². The summed E-state index contributed by atoms with van der Waals surface area (Å²) < 4.78 is 1.77. The summed E-state index contributed by atoms with van der Waals surface area (Å²) in [6.07, 6.45) is 0. The Labute approximate surface area is 154 Å². The normalized spacial score (nSPS) is 12.0. The number of carbonyl (C=O) groups is 1. The number of anilines is 1. The molecular weight excluding hydrogens is 324 g/mol. The molecule has 0 aliphatic carbocycles. The fraction of sp³-hybridized carbons (Fsp3) is 0.238. The topological polar surface area (TPSA) is 63.5 Å². The van der Waals surface area contributed by atoms with E-state index in [1.54, 1.807) is 4.68 Å². The number of amides is 1. The zero-order chi connectivity index (χ0) is 18.5. The fourth-order valence-corrected chi connectivity index (χ4v) is 2.84. The summed E-state index contributed by atoms with van der Waals surface area (Å²) in [6.45, 7) is 6.42. The molecule has 0 radical (unpaired) electrons. The molecule has 0 bridgehead atoms. The molecule has 0 spiro atoms. The summed E-state index contributed by atoms with van der Waals surface area (Å²) in [5, 5.41) is 9.51. The lowest BCUT2D eigenvalue weighted by atomic mass is 10.1. The van der Waals surface area contributed by atoms with Gasteiger partial charge in [0.15, 0.2) is 6.54 Å². The van der Waals surface area contributed by atoms with E-state index in [1.807, 2.05) is 67.7 Å². The molecule has 1 heterocycles. The van der Waals surface area contributed by atoms with Gasteiger partial charge < -0.3 is 10.6 Å². The van der Waals surface area contributed by atoms with E-state index in [0.29, 0.717) is 12.4 Å². The number of carbonyl (C=O) groups excluding carboxylic acids is 1. The van der Waals surface area contributed by atoms with E-state index in [1.165, 1.54) is 11.1 Å². The van der Waals surface area contributed by atoms with Crippen LogP contribution in [0, 0.1) is 13.8 Å². The Balaban J connectivity index is 1.65. The van der Waals surface area contributed by atoms with Gasteiger partial charge >= 0.3 is 0 Å². The van der Waals surface area contributed by atoms with Crippen molar-refractivity contribution < 1.29 is 10.1 Å². The molecule has 3 aromatic rings. The Morgan fingerprint density at radius 1 is 1.12 bits per heavy atom. The van der Waals surface area contributed by atoms with Crippen molar-refractivity contribution in [3.05, 3.63) is 77.5 Å². The zero-order valence-corrected chi connectivity index (χ0v) is 15.4. The van der Waals surface area contributed by atoms with Gasteiger partial charge in [0, 0.05) is 11.6 Å². The number of nitrogens with zero attached hydrogens (tertiary/aromatic N) is 2. The summed E-state index contributed by atoms with van der Waals surface area (Å²) in [4.78, 5) is 12.4. The summed E-state index contributed by atoms with van der Waals surface area (Å²) in [6, 6.07) is 20.4. The average molecular weight is 349 g/mol. The van der Waals surface area contributed by atoms with E-state index in [0.717, 1.165) is 11.4 Å². The number of benzene rings is 2. The Hall–Kier alpha value is -2.92. The molecule has 0 unspecified atom stereocenters. The minimum Gasteiger partial charge on any atom is -0.333 e. The second kappa shape index (κ2) is 7.97. The number of rotatable bonds is 6. The van der Waals surface area contributed by atoms with E-state index in [-0.39, 0.29) is 11.9 Å². The van der Waals surface area contributed by atoms with E-state index in [9.17, 15) is 4.79 Å². The Morgan fingerprint density at radius 2 is 1.81 bits per heavy atom. The van der Waals surface area contributed by atoms with E-state index in [4.69, 9.17) is 0 Å². The first-order chi connectivity index (χ1) is 12.5. The highest BCUT2D eigenvalue weighted by molar-refractivity contribution is 5.90. The second-order valence-corrected chi connectivity index (χ2v) is 6.61. The average Bonchev–Trinajstić information content (AvgIpc) is 3.01. The SMILES string of the molecule is Cc1ccc(-n2nc(C)cc2NC(=O)C[NH2+][C@H](C)c2ccccc2)cc1. The van der Waals surface area contributed by atoms with Crippen molar-refractivity contribution in [2.24, 2.45) is 0 Å². The van der Waals surface area contributed by atoms with Gasteiger partial charge in [-0.1, -0.05) is 48.0 Å². The fourth-order valence-electron chi connectivity index (χ4n) is 2.84. The molecule has 0 fully saturated rings. The van der Waals surface area contributed by atoms with Gasteiger partial charge in [-0.05, 0) is 32.9 Å². The zero-order valence-electron chi connectivity index (χ0n) is 15.4. The van der Waals surface area contributed by atoms with Crippen LogP contribution in [0.2, 0.25) is 0 Å². The second-order valence-electron chi connectivity index (χ2n) is 6.61. The van der Waals surface area contributed by atoms with Crippen molar-refractivity contribution >= 4 is 11.7 Å². The van der Waals surface area contributed by atoms with Gasteiger partial charge in [-0.25, -0.2) is 4.68 Å². The van der Waals surface area contributed by atoms with Gasteiger partial charge in [0.2, 0.25) is 0 Å². The molecule has 1 atom stereocenters. The van der Waals surface area contributed by atoms with E-state index in [2.05, 4.69) is 29.5 Å². The van der Waals surface area contributed by atoms with Gasteiger partial charge in [0.1, 0.15) is 11.9 Å². The summed E-state index contributed by atoms with van der Waals surface area (Å²) >= 11 is 0. The van der Waals surface area contributed by atoms with Gasteiger partial charge in [0.05, 0.1) is 11.4 Å². The number of nitrogens with one attached hydrogen (secondary N) is 1. The van der Waals surface area contributed by atoms with Crippen molar-refractivity contribution in [2.45, 2.75) is 26.8 Å². The Bertz CT molecular complexity index is 869. The summed E-state index contributed by atoms with van der Waals surface area (Å²) in [7, 11) is 0. The first kappa shape index (κ1) is 17.9. The molecule has 134 valence electrons. The smallest absolute Gasteiger partial charge is 0.280 e. The molecule has 0 aliphatic heterocycles. The monoisotopic (exact) mass is 349 g/mol. The predicted molar refractivity (Wildman–Crippen MR) is 103 cm³/mol. The highest BCUT2D eigenvalue weighted by Gasteiger charge is 2.14. The van der Waals surface area contributed by atoms with Gasteiger partial charge in [-0.3, -0.25) is 4.79 Å². The Morgan fingerprint density at radius 3 is 2.50 bits per heavy atom. The van der Waals surface area contributed by atoms with Crippen molar-refractivity contribution in [1.82, 2.24) is 9.78 Å². The van der Waals surface area contributed by atoms with Gasteiger partial charge in [-0.2, -0.15) is 5.10 Å². The first-order valence-electron chi connectivity index (χ1n) is 8.85. The lowest BCUT2D eigenvalue weighted by Gasteiger charge is -2.12. The molecule has 3 rings (SSSR count). The van der Waals surface area contributed by atoms with Crippen molar-refractivity contribution in [1.29, 1.82) is 0 Å². The first-order valence-corrected chi connectivity index (χ1v) is 8.85. The van der Waals surface area contributed by atoms with E-state index < -0.39 is 0 Å². The van der Waals surface area contributed by atoms with Crippen LogP contribution in [0.25, 0.3) is 5.69 Å².